The van der Waals surface area contributed by atoms with Gasteiger partial charge in [-0.05, 0) is 30.0 Å². The van der Waals surface area contributed by atoms with Gasteiger partial charge in [0.1, 0.15) is 17.9 Å². The van der Waals surface area contributed by atoms with Gasteiger partial charge in [0, 0.05) is 13.0 Å². The van der Waals surface area contributed by atoms with Crippen LogP contribution in [-0.2, 0) is 22.6 Å². The molecule has 0 radical (unpaired) electrons. The van der Waals surface area contributed by atoms with E-state index in [1.165, 1.54) is 0 Å². The summed E-state index contributed by atoms with van der Waals surface area (Å²) in [7, 11) is 0. The van der Waals surface area contributed by atoms with E-state index in [1.807, 2.05) is 73.0 Å². The topological polar surface area (TPSA) is 104 Å². The minimum atomic E-state index is -1.09. The van der Waals surface area contributed by atoms with Crippen molar-refractivity contribution in [1.29, 1.82) is 0 Å². The predicted molar refractivity (Wildman–Crippen MR) is 114 cm³/mol. The molecule has 0 fully saturated rings. The molecule has 0 saturated heterocycles. The number of aliphatic carboxylic acids is 2. The number of imidazole rings is 1. The Morgan fingerprint density at radius 2 is 1.60 bits per heavy atom. The van der Waals surface area contributed by atoms with Gasteiger partial charge in [0.2, 0.25) is 0 Å². The van der Waals surface area contributed by atoms with Gasteiger partial charge >= 0.3 is 11.9 Å². The molecule has 0 aliphatic heterocycles. The number of carboxylic acid groups (broad SMARTS) is 2. The van der Waals surface area contributed by atoms with E-state index in [-0.39, 0.29) is 12.3 Å². The molecule has 0 aliphatic rings. The number of rotatable bonds is 10. The maximum Gasteiger partial charge on any atom is 0.321 e. The summed E-state index contributed by atoms with van der Waals surface area (Å²) >= 11 is 0. The van der Waals surface area contributed by atoms with Crippen LogP contribution in [0.25, 0.3) is 11.0 Å². The zero-order valence-corrected chi connectivity index (χ0v) is 17.2. The number of para-hydroxylation sites is 2. The van der Waals surface area contributed by atoms with E-state index in [0.717, 1.165) is 16.6 Å². The molecule has 0 saturated carbocycles. The lowest BCUT2D eigenvalue weighted by molar-refractivity contribution is -0.142. The molecule has 3 rings (SSSR count). The van der Waals surface area contributed by atoms with Crippen molar-refractivity contribution < 1.29 is 19.8 Å². The van der Waals surface area contributed by atoms with Crippen LogP contribution >= 0.6 is 0 Å². The van der Waals surface area contributed by atoms with Gasteiger partial charge in [-0.15, -0.1) is 0 Å². The fourth-order valence-electron chi connectivity index (χ4n) is 3.58. The normalized spacial score (nSPS) is 13.4. The monoisotopic (exact) mass is 409 g/mol. The highest BCUT2D eigenvalue weighted by Crippen LogP contribution is 2.19. The van der Waals surface area contributed by atoms with Gasteiger partial charge in [0.15, 0.2) is 0 Å². The maximum atomic E-state index is 11.9. The highest BCUT2D eigenvalue weighted by molar-refractivity contribution is 5.79. The summed E-state index contributed by atoms with van der Waals surface area (Å²) in [6, 6.07) is 15.5. The smallest absolute Gasteiger partial charge is 0.321 e. The number of carbonyl (C=O) groups is 2. The van der Waals surface area contributed by atoms with Crippen molar-refractivity contribution >= 4 is 23.0 Å². The molecule has 0 aliphatic carbocycles. The Balaban J connectivity index is 1.92. The van der Waals surface area contributed by atoms with E-state index in [2.05, 4.69) is 10.3 Å². The molecule has 0 bridgehead atoms. The fraction of sp³-hybridized carbons (Fsp3) is 0.348. The van der Waals surface area contributed by atoms with E-state index >= 15 is 0 Å². The SMILES string of the molecule is CC(C)CC(N[C@@H](Cc1nc2ccccc2n1Cc1ccccc1)C(=O)O)C(=O)O. The average molecular weight is 409 g/mol. The van der Waals surface area contributed by atoms with Gasteiger partial charge in [-0.1, -0.05) is 56.3 Å². The fourth-order valence-corrected chi connectivity index (χ4v) is 3.58. The molecule has 158 valence electrons. The first-order valence-electron chi connectivity index (χ1n) is 10.0. The number of hydrogen-bond donors (Lipinski definition) is 3. The van der Waals surface area contributed by atoms with E-state index in [9.17, 15) is 19.8 Å². The molecule has 1 aromatic heterocycles. The van der Waals surface area contributed by atoms with E-state index < -0.39 is 24.0 Å². The van der Waals surface area contributed by atoms with Crippen LogP contribution in [0.1, 0.15) is 31.7 Å². The third-order valence-corrected chi connectivity index (χ3v) is 5.01. The quantitative estimate of drug-likeness (QED) is 0.475. The maximum absolute atomic E-state index is 11.9. The first-order chi connectivity index (χ1) is 14.3. The molecule has 2 atom stereocenters. The second kappa shape index (κ2) is 9.54. The van der Waals surface area contributed by atoms with Crippen molar-refractivity contribution in [2.45, 2.75) is 45.3 Å². The van der Waals surface area contributed by atoms with Crippen LogP contribution in [0.5, 0.6) is 0 Å². The minimum Gasteiger partial charge on any atom is -0.480 e. The largest absolute Gasteiger partial charge is 0.480 e. The molecule has 1 unspecified atom stereocenters. The van der Waals surface area contributed by atoms with Gasteiger partial charge < -0.3 is 14.8 Å². The minimum absolute atomic E-state index is 0.0821. The summed E-state index contributed by atoms with van der Waals surface area (Å²) in [4.78, 5) is 28.2. The zero-order valence-electron chi connectivity index (χ0n) is 17.2. The summed E-state index contributed by atoms with van der Waals surface area (Å²) in [6.07, 6.45) is 0.429. The second-order valence-corrected chi connectivity index (χ2v) is 7.87. The Kier molecular flexibility index (Phi) is 6.84. The number of hydrogen-bond acceptors (Lipinski definition) is 4. The Morgan fingerprint density at radius 3 is 2.23 bits per heavy atom. The van der Waals surface area contributed by atoms with Gasteiger partial charge in [-0.2, -0.15) is 0 Å². The van der Waals surface area contributed by atoms with Crippen LogP contribution in [-0.4, -0.2) is 43.8 Å². The molecule has 7 nitrogen and oxygen atoms in total. The summed E-state index contributed by atoms with van der Waals surface area (Å²) in [5.41, 5.74) is 2.77. The van der Waals surface area contributed by atoms with Crippen molar-refractivity contribution in [2.75, 3.05) is 0 Å². The number of carboxylic acids is 2. The number of benzene rings is 2. The van der Waals surface area contributed by atoms with E-state index in [0.29, 0.717) is 18.8 Å². The van der Waals surface area contributed by atoms with Crippen LogP contribution in [0.4, 0.5) is 0 Å². The lowest BCUT2D eigenvalue weighted by atomic mass is 10.0. The number of fused-ring (bicyclic) bond motifs is 1. The van der Waals surface area contributed by atoms with Gasteiger partial charge in [-0.25, -0.2) is 4.98 Å². The Hall–Kier alpha value is -3.19. The number of aromatic nitrogens is 2. The van der Waals surface area contributed by atoms with Crippen LogP contribution in [0.2, 0.25) is 0 Å². The summed E-state index contributed by atoms with van der Waals surface area (Å²) < 4.78 is 2.00. The highest BCUT2D eigenvalue weighted by Gasteiger charge is 2.28. The average Bonchev–Trinajstić information content (AvgIpc) is 3.04. The molecule has 30 heavy (non-hydrogen) atoms. The van der Waals surface area contributed by atoms with Crippen LogP contribution in [0.15, 0.2) is 54.6 Å². The third-order valence-electron chi connectivity index (χ3n) is 5.01. The van der Waals surface area contributed by atoms with Crippen LogP contribution in [0.3, 0.4) is 0 Å². The summed E-state index contributed by atoms with van der Waals surface area (Å²) in [6.45, 7) is 4.37. The van der Waals surface area contributed by atoms with Gasteiger partial charge in [-0.3, -0.25) is 14.9 Å². The Morgan fingerprint density at radius 1 is 0.967 bits per heavy atom. The molecule has 1 heterocycles. The molecule has 2 aromatic carbocycles. The Labute approximate surface area is 175 Å². The number of nitrogens with zero attached hydrogens (tertiary/aromatic N) is 2. The highest BCUT2D eigenvalue weighted by atomic mass is 16.4. The lowest BCUT2D eigenvalue weighted by Gasteiger charge is -2.22. The van der Waals surface area contributed by atoms with Crippen molar-refractivity contribution in [1.82, 2.24) is 14.9 Å². The predicted octanol–water partition coefficient (Wildman–Crippen LogP) is 3.17. The first kappa shape index (κ1) is 21.5. The molecule has 0 spiro atoms. The van der Waals surface area contributed by atoms with E-state index in [4.69, 9.17) is 0 Å². The molecule has 3 N–H and O–H groups in total. The van der Waals surface area contributed by atoms with Gasteiger partial charge in [0.25, 0.3) is 0 Å². The van der Waals surface area contributed by atoms with Crippen molar-refractivity contribution in [3.8, 4) is 0 Å². The lowest BCUT2D eigenvalue weighted by Crippen LogP contribution is -2.49. The van der Waals surface area contributed by atoms with Crippen molar-refractivity contribution in [2.24, 2.45) is 5.92 Å². The Bertz CT molecular complexity index is 1010. The summed E-state index contributed by atoms with van der Waals surface area (Å²) in [5, 5.41) is 22.1. The molecular formula is C23H27N3O4. The van der Waals surface area contributed by atoms with Gasteiger partial charge in [0.05, 0.1) is 11.0 Å². The molecule has 0 amide bonds. The standard InChI is InChI=1S/C23H27N3O4/c1-15(2)12-18(22(27)28)24-19(23(29)30)13-21-25-17-10-6-7-11-20(17)26(21)14-16-8-4-3-5-9-16/h3-11,15,18-19,24H,12-14H2,1-2H3,(H,27,28)(H,29,30)/t18?,19-/m0/s1. The first-order valence-corrected chi connectivity index (χ1v) is 10.0. The van der Waals surface area contributed by atoms with E-state index in [1.54, 1.807) is 0 Å². The second-order valence-electron chi connectivity index (χ2n) is 7.87. The van der Waals surface area contributed by atoms with Crippen molar-refractivity contribution in [3.63, 3.8) is 0 Å². The van der Waals surface area contributed by atoms with Crippen molar-refractivity contribution in [3.05, 3.63) is 66.0 Å². The van der Waals surface area contributed by atoms with Crippen LogP contribution in [0, 0.1) is 5.92 Å². The third kappa shape index (κ3) is 5.24. The summed E-state index contributed by atoms with van der Waals surface area (Å²) in [5.74, 6) is -1.42. The zero-order chi connectivity index (χ0) is 21.7. The molecule has 7 heteroatoms. The molecular weight excluding hydrogens is 382 g/mol. The molecule has 3 aromatic rings. The van der Waals surface area contributed by atoms with Crippen LogP contribution < -0.4 is 5.32 Å². The number of nitrogens with one attached hydrogen (secondary N) is 1.